The third-order valence-electron chi connectivity index (χ3n) is 5.54. The number of likely N-dealkylation sites (tertiary alicyclic amines) is 1. The predicted octanol–water partition coefficient (Wildman–Crippen LogP) is 3.10. The molecular formula is C23H26N4O4. The van der Waals surface area contributed by atoms with Crippen LogP contribution in [-0.4, -0.2) is 46.6 Å². The highest BCUT2D eigenvalue weighted by atomic mass is 16.5. The van der Waals surface area contributed by atoms with Crippen LogP contribution in [0.15, 0.2) is 40.9 Å². The summed E-state index contributed by atoms with van der Waals surface area (Å²) in [6.45, 7) is 5.38. The lowest BCUT2D eigenvalue weighted by atomic mass is 9.94. The van der Waals surface area contributed by atoms with Gasteiger partial charge in [-0.05, 0) is 43.5 Å². The van der Waals surface area contributed by atoms with Gasteiger partial charge in [-0.3, -0.25) is 9.59 Å². The summed E-state index contributed by atoms with van der Waals surface area (Å²) in [7, 11) is 0. The molecule has 2 amide bonds. The lowest BCUT2D eigenvalue weighted by Gasteiger charge is -2.32. The molecule has 1 aromatic heterocycles. The number of aromatic nitrogens is 2. The fraction of sp³-hybridized carbons (Fsp3) is 0.391. The lowest BCUT2D eigenvalue weighted by Crippen LogP contribution is -2.43. The number of carbonyl (C=O) groups excluding carboxylic acids is 2. The van der Waals surface area contributed by atoms with Crippen molar-refractivity contribution in [3.05, 3.63) is 53.7 Å². The van der Waals surface area contributed by atoms with Crippen LogP contribution in [0.2, 0.25) is 0 Å². The molecule has 0 atom stereocenters. The molecule has 1 aliphatic heterocycles. The van der Waals surface area contributed by atoms with E-state index in [9.17, 15) is 9.59 Å². The number of amides is 2. The summed E-state index contributed by atoms with van der Waals surface area (Å²) < 4.78 is 10.8. The zero-order valence-electron chi connectivity index (χ0n) is 17.8. The third kappa shape index (κ3) is 4.52. The Bertz CT molecular complexity index is 1090. The fourth-order valence-corrected chi connectivity index (χ4v) is 3.97. The van der Waals surface area contributed by atoms with Crippen molar-refractivity contribution in [2.24, 2.45) is 5.92 Å². The molecule has 0 unspecified atom stereocenters. The molecule has 2 heterocycles. The topological polar surface area (TPSA) is 97.6 Å². The highest BCUT2D eigenvalue weighted by molar-refractivity contribution is 6.09. The Labute approximate surface area is 180 Å². The number of benzene rings is 2. The van der Waals surface area contributed by atoms with E-state index in [-0.39, 0.29) is 24.3 Å². The van der Waals surface area contributed by atoms with Gasteiger partial charge in [0.05, 0.1) is 18.7 Å². The number of hydrogen-bond acceptors (Lipinski definition) is 6. The number of aryl methyl sites for hydroxylation is 1. The molecule has 0 spiro atoms. The van der Waals surface area contributed by atoms with E-state index in [2.05, 4.69) is 15.5 Å². The van der Waals surface area contributed by atoms with Gasteiger partial charge >= 0.3 is 0 Å². The molecule has 4 rings (SSSR count). The van der Waals surface area contributed by atoms with Crippen LogP contribution in [0.5, 0.6) is 5.75 Å². The monoisotopic (exact) mass is 422 g/mol. The number of piperidine rings is 1. The predicted molar refractivity (Wildman–Crippen MR) is 115 cm³/mol. The van der Waals surface area contributed by atoms with Crippen LogP contribution < -0.4 is 10.1 Å². The Morgan fingerprint density at radius 2 is 1.97 bits per heavy atom. The number of rotatable bonds is 6. The Morgan fingerprint density at radius 3 is 2.68 bits per heavy atom. The molecule has 1 aliphatic rings. The van der Waals surface area contributed by atoms with Gasteiger partial charge in [0.2, 0.25) is 11.8 Å². The van der Waals surface area contributed by atoms with Crippen molar-refractivity contribution >= 4 is 22.6 Å². The summed E-state index contributed by atoms with van der Waals surface area (Å²) >= 11 is 0. The SMILES string of the molecule is CCOc1ccc2ccccc2c1C(=O)N1CCC(C(=O)NCc2nc(C)no2)CC1. The van der Waals surface area contributed by atoms with Gasteiger partial charge in [-0.2, -0.15) is 4.98 Å². The summed E-state index contributed by atoms with van der Waals surface area (Å²) in [5, 5.41) is 8.45. The maximum Gasteiger partial charge on any atom is 0.258 e. The molecule has 3 aromatic rings. The summed E-state index contributed by atoms with van der Waals surface area (Å²) in [5.41, 5.74) is 0.592. The highest BCUT2D eigenvalue weighted by Crippen LogP contribution is 2.31. The average molecular weight is 422 g/mol. The van der Waals surface area contributed by atoms with Crippen LogP contribution in [0.4, 0.5) is 0 Å². The maximum absolute atomic E-state index is 13.4. The standard InChI is InChI=1S/C23H26N4O4/c1-3-30-19-9-8-16-6-4-5-7-18(16)21(19)23(29)27-12-10-17(11-13-27)22(28)24-14-20-25-15(2)26-31-20/h4-9,17H,3,10-14H2,1-2H3,(H,24,28). The second kappa shape index (κ2) is 9.16. The molecule has 162 valence electrons. The summed E-state index contributed by atoms with van der Waals surface area (Å²) in [5.74, 6) is 1.27. The van der Waals surface area contributed by atoms with Crippen molar-refractivity contribution in [2.75, 3.05) is 19.7 Å². The molecule has 31 heavy (non-hydrogen) atoms. The van der Waals surface area contributed by atoms with E-state index in [4.69, 9.17) is 9.26 Å². The number of nitrogens with one attached hydrogen (secondary N) is 1. The first-order valence-corrected chi connectivity index (χ1v) is 10.6. The molecule has 1 saturated heterocycles. The van der Waals surface area contributed by atoms with Gasteiger partial charge in [-0.25, -0.2) is 0 Å². The van der Waals surface area contributed by atoms with Gasteiger partial charge in [0.15, 0.2) is 5.82 Å². The van der Waals surface area contributed by atoms with E-state index in [1.807, 2.05) is 48.2 Å². The van der Waals surface area contributed by atoms with Crippen molar-refractivity contribution < 1.29 is 18.8 Å². The van der Waals surface area contributed by atoms with Gasteiger partial charge in [0, 0.05) is 19.0 Å². The van der Waals surface area contributed by atoms with Gasteiger partial charge in [0.25, 0.3) is 5.91 Å². The van der Waals surface area contributed by atoms with E-state index >= 15 is 0 Å². The van der Waals surface area contributed by atoms with Crippen molar-refractivity contribution in [3.63, 3.8) is 0 Å². The van der Waals surface area contributed by atoms with Gasteiger partial charge in [0.1, 0.15) is 5.75 Å². The van der Waals surface area contributed by atoms with Crippen molar-refractivity contribution in [1.82, 2.24) is 20.4 Å². The molecule has 0 aliphatic carbocycles. The van der Waals surface area contributed by atoms with Gasteiger partial charge < -0.3 is 19.5 Å². The number of nitrogens with zero attached hydrogens (tertiary/aromatic N) is 3. The largest absolute Gasteiger partial charge is 0.493 e. The van der Waals surface area contributed by atoms with Crippen LogP contribution in [0, 0.1) is 12.8 Å². The number of fused-ring (bicyclic) bond motifs is 1. The molecule has 2 aromatic carbocycles. The minimum atomic E-state index is -0.146. The van der Waals surface area contributed by atoms with E-state index in [1.165, 1.54) is 0 Å². The molecular weight excluding hydrogens is 396 g/mol. The lowest BCUT2D eigenvalue weighted by molar-refractivity contribution is -0.126. The second-order valence-corrected chi connectivity index (χ2v) is 7.61. The minimum Gasteiger partial charge on any atom is -0.493 e. The van der Waals surface area contributed by atoms with Crippen LogP contribution >= 0.6 is 0 Å². The Hall–Kier alpha value is -3.42. The first-order valence-electron chi connectivity index (χ1n) is 10.6. The van der Waals surface area contributed by atoms with Crippen LogP contribution in [0.3, 0.4) is 0 Å². The smallest absolute Gasteiger partial charge is 0.258 e. The Balaban J connectivity index is 1.42. The van der Waals surface area contributed by atoms with Crippen LogP contribution in [0.25, 0.3) is 10.8 Å². The molecule has 0 radical (unpaired) electrons. The average Bonchev–Trinajstić information content (AvgIpc) is 3.22. The molecule has 1 fully saturated rings. The quantitative estimate of drug-likeness (QED) is 0.656. The first kappa shape index (κ1) is 20.8. The summed E-state index contributed by atoms with van der Waals surface area (Å²) in [6.07, 6.45) is 1.21. The van der Waals surface area contributed by atoms with Crippen molar-refractivity contribution in [2.45, 2.75) is 33.2 Å². The van der Waals surface area contributed by atoms with Gasteiger partial charge in [-0.15, -0.1) is 0 Å². The zero-order chi connectivity index (χ0) is 21.8. The highest BCUT2D eigenvalue weighted by Gasteiger charge is 2.30. The second-order valence-electron chi connectivity index (χ2n) is 7.61. The van der Waals surface area contributed by atoms with Crippen LogP contribution in [-0.2, 0) is 11.3 Å². The third-order valence-corrected chi connectivity index (χ3v) is 5.54. The summed E-state index contributed by atoms with van der Waals surface area (Å²) in [6, 6.07) is 11.7. The molecule has 0 bridgehead atoms. The van der Waals surface area contributed by atoms with E-state index in [0.29, 0.717) is 55.6 Å². The number of ether oxygens (including phenoxy) is 1. The van der Waals surface area contributed by atoms with E-state index in [1.54, 1.807) is 6.92 Å². The number of carbonyl (C=O) groups is 2. The normalized spacial score (nSPS) is 14.6. The van der Waals surface area contributed by atoms with Gasteiger partial charge in [-0.1, -0.05) is 35.5 Å². The fourth-order valence-electron chi connectivity index (χ4n) is 3.97. The molecule has 8 heteroatoms. The minimum absolute atomic E-state index is 0.0527. The Morgan fingerprint density at radius 1 is 1.19 bits per heavy atom. The van der Waals surface area contributed by atoms with E-state index < -0.39 is 0 Å². The number of hydrogen-bond donors (Lipinski definition) is 1. The zero-order valence-corrected chi connectivity index (χ0v) is 17.8. The van der Waals surface area contributed by atoms with Crippen molar-refractivity contribution in [3.8, 4) is 5.75 Å². The molecule has 1 N–H and O–H groups in total. The Kier molecular flexibility index (Phi) is 6.16. The molecule has 8 nitrogen and oxygen atoms in total. The summed E-state index contributed by atoms with van der Waals surface area (Å²) in [4.78, 5) is 31.8. The first-order chi connectivity index (χ1) is 15.1. The maximum atomic E-state index is 13.4. The van der Waals surface area contributed by atoms with E-state index in [0.717, 1.165) is 10.8 Å². The molecule has 0 saturated carbocycles. The van der Waals surface area contributed by atoms with Crippen molar-refractivity contribution in [1.29, 1.82) is 0 Å². The van der Waals surface area contributed by atoms with Crippen LogP contribution in [0.1, 0.15) is 41.8 Å².